The summed E-state index contributed by atoms with van der Waals surface area (Å²) in [6.45, 7) is 4.38. The molecule has 3 rings (SSSR count). The standard InChI is InChI=1S/C25H29FN3O4P/c1-4-32-34(31,33-5-2)18-22-9-7-6-8-20(22)16-27-24(30)15-12-21-17-28-29(3)25(21)19-10-13-23(26)14-11-19/h6-15,17H,4-5,16,18H2,1-3H3,(H,27,30)/b15-12+. The maximum atomic E-state index is 13.3. The van der Waals surface area contributed by atoms with Crippen LogP contribution in [0.1, 0.15) is 30.5 Å². The van der Waals surface area contributed by atoms with Crippen LogP contribution >= 0.6 is 7.60 Å². The number of hydrogen-bond donors (Lipinski definition) is 1. The summed E-state index contributed by atoms with van der Waals surface area (Å²) in [7, 11) is -1.48. The third kappa shape index (κ3) is 6.73. The van der Waals surface area contributed by atoms with Crippen LogP contribution in [0.15, 0.2) is 60.8 Å². The van der Waals surface area contributed by atoms with E-state index in [2.05, 4.69) is 10.4 Å². The number of carbonyl (C=O) groups is 1. The van der Waals surface area contributed by atoms with E-state index in [1.165, 1.54) is 18.2 Å². The molecule has 1 amide bonds. The van der Waals surface area contributed by atoms with Gasteiger partial charge in [-0.05, 0) is 55.3 Å². The quantitative estimate of drug-likeness (QED) is 0.294. The molecule has 3 aromatic rings. The van der Waals surface area contributed by atoms with Crippen molar-refractivity contribution in [3.05, 3.63) is 83.3 Å². The maximum Gasteiger partial charge on any atom is 0.335 e. The van der Waals surface area contributed by atoms with Crippen molar-refractivity contribution < 1.29 is 22.8 Å². The number of aromatic nitrogens is 2. The maximum absolute atomic E-state index is 13.3. The first-order valence-corrected chi connectivity index (χ1v) is 12.8. The number of carbonyl (C=O) groups excluding carboxylic acids is 1. The molecule has 0 spiro atoms. The monoisotopic (exact) mass is 485 g/mol. The van der Waals surface area contributed by atoms with Gasteiger partial charge in [0.15, 0.2) is 0 Å². The van der Waals surface area contributed by atoms with Crippen LogP contribution in [0.4, 0.5) is 4.39 Å². The fraction of sp³-hybridized carbons (Fsp3) is 0.280. The molecule has 0 unspecified atom stereocenters. The molecule has 7 nitrogen and oxygen atoms in total. The van der Waals surface area contributed by atoms with Gasteiger partial charge >= 0.3 is 7.60 Å². The molecular weight excluding hydrogens is 456 g/mol. The van der Waals surface area contributed by atoms with Crippen molar-refractivity contribution >= 4 is 19.6 Å². The number of nitrogens with one attached hydrogen (secondary N) is 1. The molecule has 0 aliphatic heterocycles. The van der Waals surface area contributed by atoms with E-state index in [1.54, 1.807) is 50.0 Å². The van der Waals surface area contributed by atoms with E-state index in [1.807, 2.05) is 24.3 Å². The smallest absolute Gasteiger partial charge is 0.335 e. The number of nitrogens with zero attached hydrogens (tertiary/aromatic N) is 2. The van der Waals surface area contributed by atoms with Crippen molar-refractivity contribution in [1.82, 2.24) is 15.1 Å². The molecule has 2 aromatic carbocycles. The predicted molar refractivity (Wildman–Crippen MR) is 130 cm³/mol. The van der Waals surface area contributed by atoms with E-state index in [4.69, 9.17) is 9.05 Å². The normalized spacial score (nSPS) is 11.8. The number of amides is 1. The molecule has 0 aliphatic rings. The lowest BCUT2D eigenvalue weighted by molar-refractivity contribution is -0.116. The zero-order valence-corrected chi connectivity index (χ0v) is 20.4. The SMILES string of the molecule is CCOP(=O)(Cc1ccccc1CNC(=O)/C=C/c1cnn(C)c1-c1ccc(F)cc1)OCC. The molecule has 1 heterocycles. The summed E-state index contributed by atoms with van der Waals surface area (Å²) >= 11 is 0. The van der Waals surface area contributed by atoms with Crippen molar-refractivity contribution in [2.24, 2.45) is 7.05 Å². The summed E-state index contributed by atoms with van der Waals surface area (Å²) in [6.07, 6.45) is 4.88. The van der Waals surface area contributed by atoms with Gasteiger partial charge in [-0.3, -0.25) is 14.0 Å². The lowest BCUT2D eigenvalue weighted by Crippen LogP contribution is -2.21. The first kappa shape index (κ1) is 25.6. The Labute approximate surface area is 199 Å². The number of benzene rings is 2. The lowest BCUT2D eigenvalue weighted by Gasteiger charge is -2.18. The lowest BCUT2D eigenvalue weighted by atomic mass is 10.1. The fourth-order valence-electron chi connectivity index (χ4n) is 3.56. The molecule has 0 atom stereocenters. The number of hydrogen-bond acceptors (Lipinski definition) is 5. The molecule has 34 heavy (non-hydrogen) atoms. The summed E-state index contributed by atoms with van der Waals surface area (Å²) in [5.74, 6) is -0.608. The Bertz CT molecular complexity index is 1180. The topological polar surface area (TPSA) is 82.5 Å². The van der Waals surface area contributed by atoms with Crippen LogP contribution in [0.3, 0.4) is 0 Å². The van der Waals surface area contributed by atoms with E-state index in [9.17, 15) is 13.8 Å². The second-order valence-corrected chi connectivity index (χ2v) is 9.56. The Balaban J connectivity index is 1.69. The number of aryl methyl sites for hydroxylation is 1. The minimum absolute atomic E-state index is 0.132. The van der Waals surface area contributed by atoms with Crippen molar-refractivity contribution in [2.45, 2.75) is 26.6 Å². The van der Waals surface area contributed by atoms with Gasteiger partial charge in [-0.25, -0.2) is 4.39 Å². The highest BCUT2D eigenvalue weighted by Gasteiger charge is 2.25. The number of halogens is 1. The molecule has 0 bridgehead atoms. The average molecular weight is 485 g/mol. The highest BCUT2D eigenvalue weighted by atomic mass is 31.2. The fourth-order valence-corrected chi connectivity index (χ4v) is 5.33. The van der Waals surface area contributed by atoms with Gasteiger partial charge in [-0.2, -0.15) is 5.10 Å². The van der Waals surface area contributed by atoms with E-state index in [0.717, 1.165) is 27.9 Å². The van der Waals surface area contributed by atoms with Gasteiger partial charge in [0.25, 0.3) is 0 Å². The molecule has 0 saturated heterocycles. The molecule has 0 fully saturated rings. The predicted octanol–water partition coefficient (Wildman–Crippen LogP) is 5.32. The van der Waals surface area contributed by atoms with Crippen LogP contribution in [-0.4, -0.2) is 28.9 Å². The first-order valence-electron chi connectivity index (χ1n) is 11.0. The van der Waals surface area contributed by atoms with Gasteiger partial charge in [-0.15, -0.1) is 0 Å². The highest BCUT2D eigenvalue weighted by Crippen LogP contribution is 2.51. The first-order chi connectivity index (χ1) is 16.3. The summed E-state index contributed by atoms with van der Waals surface area (Å²) in [6, 6.07) is 13.5. The average Bonchev–Trinajstić information content (AvgIpc) is 3.18. The van der Waals surface area contributed by atoms with Gasteiger partial charge in [-0.1, -0.05) is 24.3 Å². The summed E-state index contributed by atoms with van der Waals surface area (Å²) in [4.78, 5) is 12.5. The molecule has 1 N–H and O–H groups in total. The van der Waals surface area contributed by atoms with Crippen molar-refractivity contribution in [3.8, 4) is 11.3 Å². The van der Waals surface area contributed by atoms with Gasteiger partial charge in [0.2, 0.25) is 5.91 Å². The molecular formula is C25H29FN3O4P. The third-order valence-corrected chi connectivity index (χ3v) is 7.12. The zero-order chi connectivity index (χ0) is 24.6. The van der Waals surface area contributed by atoms with Crippen LogP contribution in [0.25, 0.3) is 17.3 Å². The van der Waals surface area contributed by atoms with Crippen molar-refractivity contribution in [2.75, 3.05) is 13.2 Å². The molecule has 9 heteroatoms. The Morgan fingerprint density at radius 2 is 1.74 bits per heavy atom. The highest BCUT2D eigenvalue weighted by molar-refractivity contribution is 7.53. The van der Waals surface area contributed by atoms with E-state index in [-0.39, 0.29) is 37.6 Å². The van der Waals surface area contributed by atoms with Crippen LogP contribution < -0.4 is 5.32 Å². The molecule has 180 valence electrons. The molecule has 0 radical (unpaired) electrons. The largest absolute Gasteiger partial charge is 0.348 e. The summed E-state index contributed by atoms with van der Waals surface area (Å²) < 4.78 is 38.7. The Hall–Kier alpha value is -3.06. The van der Waals surface area contributed by atoms with Crippen molar-refractivity contribution in [3.63, 3.8) is 0 Å². The minimum atomic E-state index is -3.26. The molecule has 0 aliphatic carbocycles. The van der Waals surface area contributed by atoms with Crippen LogP contribution in [0.2, 0.25) is 0 Å². The number of rotatable bonds is 11. The Morgan fingerprint density at radius 1 is 1.09 bits per heavy atom. The van der Waals surface area contributed by atoms with E-state index >= 15 is 0 Å². The van der Waals surface area contributed by atoms with Gasteiger partial charge in [0, 0.05) is 30.8 Å². The van der Waals surface area contributed by atoms with Gasteiger partial charge in [0.1, 0.15) is 5.82 Å². The minimum Gasteiger partial charge on any atom is -0.348 e. The summed E-state index contributed by atoms with van der Waals surface area (Å²) in [5.41, 5.74) is 3.93. The second-order valence-electron chi connectivity index (χ2n) is 7.50. The van der Waals surface area contributed by atoms with Crippen molar-refractivity contribution in [1.29, 1.82) is 0 Å². The van der Waals surface area contributed by atoms with Crippen LogP contribution in [0, 0.1) is 5.82 Å². The van der Waals surface area contributed by atoms with Gasteiger partial charge < -0.3 is 14.4 Å². The third-order valence-electron chi connectivity index (χ3n) is 5.09. The van der Waals surface area contributed by atoms with Crippen LogP contribution in [0.5, 0.6) is 0 Å². The van der Waals surface area contributed by atoms with Gasteiger partial charge in [0.05, 0.1) is 31.3 Å². The van der Waals surface area contributed by atoms with E-state index < -0.39 is 7.60 Å². The van der Waals surface area contributed by atoms with E-state index in [0.29, 0.717) is 0 Å². The second kappa shape index (κ2) is 11.9. The summed E-state index contributed by atoms with van der Waals surface area (Å²) in [5, 5.41) is 7.11. The zero-order valence-electron chi connectivity index (χ0n) is 19.5. The molecule has 0 saturated carbocycles. The Morgan fingerprint density at radius 3 is 2.38 bits per heavy atom. The molecule has 1 aromatic heterocycles. The van der Waals surface area contributed by atoms with Crippen LogP contribution in [-0.2, 0) is 38.2 Å². The Kier molecular flexibility index (Phi) is 8.93.